The monoisotopic (exact) mass is 422 g/mol. The fourth-order valence-corrected chi connectivity index (χ4v) is 3.08. The van der Waals surface area contributed by atoms with Gasteiger partial charge in [-0.15, -0.1) is 0 Å². The van der Waals surface area contributed by atoms with E-state index in [4.69, 9.17) is 30.5 Å². The summed E-state index contributed by atoms with van der Waals surface area (Å²) in [6, 6.07) is 10.9. The lowest BCUT2D eigenvalue weighted by Crippen LogP contribution is -2.29. The summed E-state index contributed by atoms with van der Waals surface area (Å²) in [6.45, 7) is 4.26. The summed E-state index contributed by atoms with van der Waals surface area (Å²) in [5, 5.41) is 9.99. The number of halogens is 1. The first-order valence-electron chi connectivity index (χ1n) is 9.28. The van der Waals surface area contributed by atoms with E-state index in [1.165, 1.54) is 0 Å². The second kappa shape index (κ2) is 11.0. The molecule has 0 aliphatic heterocycles. The topological polar surface area (TPSA) is 74.2 Å². The quantitative estimate of drug-likeness (QED) is 0.575. The number of carboxylic acids is 1. The summed E-state index contributed by atoms with van der Waals surface area (Å²) >= 11 is 5.99. The fraction of sp³-hybridized carbons (Fsp3) is 0.409. The zero-order valence-corrected chi connectivity index (χ0v) is 17.9. The summed E-state index contributed by atoms with van der Waals surface area (Å²) in [4.78, 5) is 11.5. The molecule has 2 rings (SSSR count). The summed E-state index contributed by atoms with van der Waals surface area (Å²) < 4.78 is 22.1. The van der Waals surface area contributed by atoms with Gasteiger partial charge < -0.3 is 24.1 Å². The molecule has 2 aromatic carbocycles. The van der Waals surface area contributed by atoms with Gasteiger partial charge in [0.2, 0.25) is 0 Å². The van der Waals surface area contributed by atoms with Crippen molar-refractivity contribution in [1.82, 2.24) is 0 Å². The Morgan fingerprint density at radius 2 is 1.69 bits per heavy atom. The Balaban J connectivity index is 2.09. The molecule has 158 valence electrons. The molecule has 0 fully saturated rings. The van der Waals surface area contributed by atoms with Crippen LogP contribution in [0.2, 0.25) is 5.02 Å². The number of hydrogen-bond donors (Lipinski definition) is 1. The van der Waals surface area contributed by atoms with Crippen LogP contribution in [0.3, 0.4) is 0 Å². The van der Waals surface area contributed by atoms with Gasteiger partial charge in [-0.2, -0.15) is 0 Å². The first kappa shape index (κ1) is 23.0. The minimum atomic E-state index is -0.984. The van der Waals surface area contributed by atoms with E-state index in [0.29, 0.717) is 29.7 Å². The molecule has 0 heterocycles. The summed E-state index contributed by atoms with van der Waals surface area (Å²) in [5.41, 5.74) is 2.54. The molecule has 0 aliphatic carbocycles. The molecule has 1 unspecified atom stereocenters. The summed E-state index contributed by atoms with van der Waals surface area (Å²) in [5.74, 6) is 0.351. The Bertz CT molecular complexity index is 821. The van der Waals surface area contributed by atoms with Crippen molar-refractivity contribution in [3.8, 4) is 11.5 Å². The molecule has 2 aromatic rings. The van der Waals surface area contributed by atoms with Gasteiger partial charge in [-0.25, -0.2) is 4.79 Å². The first-order valence-corrected chi connectivity index (χ1v) is 9.66. The van der Waals surface area contributed by atoms with E-state index in [2.05, 4.69) is 0 Å². The van der Waals surface area contributed by atoms with E-state index >= 15 is 0 Å². The highest BCUT2D eigenvalue weighted by atomic mass is 35.5. The van der Waals surface area contributed by atoms with E-state index in [1.54, 1.807) is 26.4 Å². The van der Waals surface area contributed by atoms with E-state index in [9.17, 15) is 9.90 Å². The van der Waals surface area contributed by atoms with Gasteiger partial charge in [-0.3, -0.25) is 0 Å². The fourth-order valence-electron chi connectivity index (χ4n) is 2.92. The minimum absolute atomic E-state index is 0.175. The van der Waals surface area contributed by atoms with Crippen LogP contribution < -0.4 is 9.47 Å². The van der Waals surface area contributed by atoms with Crippen molar-refractivity contribution in [3.63, 3.8) is 0 Å². The average Bonchev–Trinajstić information content (AvgIpc) is 2.68. The Kier molecular flexibility index (Phi) is 8.76. The smallest absolute Gasteiger partial charge is 0.333 e. The molecule has 7 heteroatoms. The van der Waals surface area contributed by atoms with Crippen LogP contribution in [0.5, 0.6) is 11.5 Å². The second-order valence-corrected chi connectivity index (χ2v) is 7.25. The number of ether oxygens (including phenoxy) is 4. The van der Waals surface area contributed by atoms with Crippen LogP contribution in [0.4, 0.5) is 0 Å². The van der Waals surface area contributed by atoms with Gasteiger partial charge in [0.1, 0.15) is 11.5 Å². The van der Waals surface area contributed by atoms with Gasteiger partial charge in [0.15, 0.2) is 6.10 Å². The standard InChI is InChI=1S/C22H27ClO6/c1-14(2)29-21(22(24)25)10-15-5-8-19(26-3)17(9-15)13-28-12-16-6-7-18(23)11-20(16)27-4/h5-9,11,14,21H,10,12-13H2,1-4H3,(H,24,25). The van der Waals surface area contributed by atoms with Crippen LogP contribution in [0.25, 0.3) is 0 Å². The van der Waals surface area contributed by atoms with Gasteiger partial charge in [0.05, 0.1) is 33.5 Å². The number of carboxylic acid groups (broad SMARTS) is 1. The van der Waals surface area contributed by atoms with E-state index < -0.39 is 12.1 Å². The molecule has 0 saturated carbocycles. The molecule has 29 heavy (non-hydrogen) atoms. The lowest BCUT2D eigenvalue weighted by molar-refractivity contribution is -0.153. The maximum Gasteiger partial charge on any atom is 0.333 e. The van der Waals surface area contributed by atoms with Crippen molar-refractivity contribution in [3.05, 3.63) is 58.1 Å². The highest BCUT2D eigenvalue weighted by Gasteiger charge is 2.20. The SMILES string of the molecule is COc1ccc(CC(OC(C)C)C(=O)O)cc1COCc1ccc(Cl)cc1OC. The largest absolute Gasteiger partial charge is 0.496 e. The third-order valence-corrected chi connectivity index (χ3v) is 4.48. The molecule has 6 nitrogen and oxygen atoms in total. The molecule has 0 radical (unpaired) electrons. The maximum absolute atomic E-state index is 11.5. The molecule has 0 amide bonds. The number of carbonyl (C=O) groups is 1. The van der Waals surface area contributed by atoms with Crippen LogP contribution in [0.1, 0.15) is 30.5 Å². The Hall–Kier alpha value is -2.28. The van der Waals surface area contributed by atoms with Crippen LogP contribution in [0.15, 0.2) is 36.4 Å². The second-order valence-electron chi connectivity index (χ2n) is 6.81. The number of rotatable bonds is 11. The van der Waals surface area contributed by atoms with Crippen LogP contribution >= 0.6 is 11.6 Å². The van der Waals surface area contributed by atoms with Crippen molar-refractivity contribution in [2.45, 2.75) is 45.7 Å². The van der Waals surface area contributed by atoms with Gasteiger partial charge in [-0.05, 0) is 43.7 Å². The molecule has 1 N–H and O–H groups in total. The minimum Gasteiger partial charge on any atom is -0.496 e. The van der Waals surface area contributed by atoms with Crippen molar-refractivity contribution < 1.29 is 28.8 Å². The number of aliphatic carboxylic acids is 1. The van der Waals surface area contributed by atoms with Crippen LogP contribution in [-0.4, -0.2) is 37.5 Å². The third kappa shape index (κ3) is 6.92. The van der Waals surface area contributed by atoms with E-state index in [1.807, 2.05) is 38.1 Å². The summed E-state index contributed by atoms with van der Waals surface area (Å²) in [6.07, 6.45) is -0.822. The zero-order valence-electron chi connectivity index (χ0n) is 17.1. The highest BCUT2D eigenvalue weighted by Crippen LogP contribution is 2.26. The van der Waals surface area contributed by atoms with Crippen molar-refractivity contribution in [2.75, 3.05) is 14.2 Å². The molecule has 0 aromatic heterocycles. The average molecular weight is 423 g/mol. The number of methoxy groups -OCH3 is 2. The van der Waals surface area contributed by atoms with Crippen LogP contribution in [0, 0.1) is 0 Å². The molecule has 0 bridgehead atoms. The predicted octanol–water partition coefficient (Wildman–Crippen LogP) is 4.49. The normalized spacial score (nSPS) is 12.1. The zero-order chi connectivity index (χ0) is 21.4. The highest BCUT2D eigenvalue weighted by molar-refractivity contribution is 6.30. The van der Waals surface area contributed by atoms with Gasteiger partial charge in [-0.1, -0.05) is 23.7 Å². The molecule has 0 aliphatic rings. The van der Waals surface area contributed by atoms with E-state index in [0.717, 1.165) is 16.7 Å². The van der Waals surface area contributed by atoms with Gasteiger partial charge >= 0.3 is 5.97 Å². The lowest BCUT2D eigenvalue weighted by Gasteiger charge is -2.18. The molecular formula is C22H27ClO6. The Morgan fingerprint density at radius 3 is 2.31 bits per heavy atom. The van der Waals surface area contributed by atoms with E-state index in [-0.39, 0.29) is 12.5 Å². The van der Waals surface area contributed by atoms with Crippen molar-refractivity contribution in [1.29, 1.82) is 0 Å². The number of benzene rings is 2. The molecular weight excluding hydrogens is 396 g/mol. The van der Waals surface area contributed by atoms with Gasteiger partial charge in [0, 0.05) is 22.6 Å². The molecule has 0 saturated heterocycles. The maximum atomic E-state index is 11.5. The Labute approximate surface area is 176 Å². The predicted molar refractivity (Wildman–Crippen MR) is 111 cm³/mol. The summed E-state index contributed by atoms with van der Waals surface area (Å²) in [7, 11) is 3.17. The van der Waals surface area contributed by atoms with Crippen LogP contribution in [-0.2, 0) is 33.9 Å². The van der Waals surface area contributed by atoms with Crippen molar-refractivity contribution >= 4 is 17.6 Å². The number of hydrogen-bond acceptors (Lipinski definition) is 5. The van der Waals surface area contributed by atoms with Gasteiger partial charge in [0.25, 0.3) is 0 Å². The lowest BCUT2D eigenvalue weighted by atomic mass is 10.0. The molecule has 0 spiro atoms. The Morgan fingerprint density at radius 1 is 1.00 bits per heavy atom. The first-order chi connectivity index (χ1) is 13.8. The molecule has 1 atom stereocenters. The third-order valence-electron chi connectivity index (χ3n) is 4.24. The van der Waals surface area contributed by atoms with Crippen molar-refractivity contribution in [2.24, 2.45) is 0 Å².